The number of aromatic nitrogens is 3. The number of carbonyl (C=O) groups excluding carboxylic acids is 1. The number of benzene rings is 2. The van der Waals surface area contributed by atoms with Crippen LogP contribution in [0, 0.1) is 0 Å². The molecule has 0 aliphatic rings. The molecule has 0 saturated carbocycles. The number of halogens is 2. The first kappa shape index (κ1) is 26.2. The van der Waals surface area contributed by atoms with Crippen LogP contribution in [0.25, 0.3) is 10.9 Å². The Kier molecular flexibility index (Phi) is 9.28. The molecule has 0 bridgehead atoms. The lowest BCUT2D eigenvalue weighted by atomic mass is 10.0. The van der Waals surface area contributed by atoms with Crippen molar-refractivity contribution in [1.29, 1.82) is 0 Å². The number of nitrogens with one attached hydrogen (secondary N) is 1. The van der Waals surface area contributed by atoms with Crippen molar-refractivity contribution in [2.75, 3.05) is 0 Å². The zero-order valence-corrected chi connectivity index (χ0v) is 21.4. The van der Waals surface area contributed by atoms with E-state index in [1.807, 2.05) is 24.7 Å². The van der Waals surface area contributed by atoms with E-state index < -0.39 is 11.9 Å². The summed E-state index contributed by atoms with van der Waals surface area (Å²) in [6, 6.07) is 15.0. The second-order valence-corrected chi connectivity index (χ2v) is 9.21. The number of hydrogen-bond acceptors (Lipinski definition) is 3. The molecule has 2 heterocycles. The third kappa shape index (κ3) is 7.31. The average molecular weight is 559 g/mol. The monoisotopic (exact) mass is 557 g/mol. The molecular formula is C26H25BrClN3O4. The minimum absolute atomic E-state index is 0.310. The number of carbonyl (C=O) groups is 2. The standard InChI is InChI=1S/C22H21BrClN3.C4H4O4/c1-2-3-21(26-11-10-25-15-26)20-14-27(13-16-4-7-18(24)8-5-16)22-9-6-17(23)12-19(20)22;5-3(6)1-2-4(7)8/h4-12,14-15,21H,2-3,13H2,1H3;1-2H,(H,5,6)(H,7,8)/b;2-1-. The summed E-state index contributed by atoms with van der Waals surface area (Å²) in [6.45, 7) is 3.06. The summed E-state index contributed by atoms with van der Waals surface area (Å²) in [5.74, 6) is -2.80. The van der Waals surface area contributed by atoms with Gasteiger partial charge in [-0.25, -0.2) is 9.36 Å². The van der Waals surface area contributed by atoms with Gasteiger partial charge in [-0.1, -0.05) is 53.0 Å². The number of nitrogens with zero attached hydrogens (tertiary/aromatic N) is 2. The topological polar surface area (TPSA) is 102 Å². The number of H-pyrrole nitrogens is 1. The van der Waals surface area contributed by atoms with Crippen molar-refractivity contribution >= 4 is 50.4 Å². The summed E-state index contributed by atoms with van der Waals surface area (Å²) in [4.78, 5) is 22.2. The molecule has 0 radical (unpaired) electrons. The van der Waals surface area contributed by atoms with Crippen LogP contribution in [-0.4, -0.2) is 26.6 Å². The molecule has 1 unspecified atom stereocenters. The number of aromatic amines is 1. The van der Waals surface area contributed by atoms with E-state index in [9.17, 15) is 14.7 Å². The lowest BCUT2D eigenvalue weighted by Crippen LogP contribution is -2.37. The lowest BCUT2D eigenvalue weighted by Gasteiger charge is -2.12. The Morgan fingerprint density at radius 2 is 1.97 bits per heavy atom. The van der Waals surface area contributed by atoms with E-state index >= 15 is 0 Å². The Labute approximate surface area is 216 Å². The predicted molar refractivity (Wildman–Crippen MR) is 136 cm³/mol. The molecule has 0 aliphatic heterocycles. The highest BCUT2D eigenvalue weighted by molar-refractivity contribution is 9.10. The minimum Gasteiger partial charge on any atom is -0.545 e. The molecule has 2 N–H and O–H groups in total. The largest absolute Gasteiger partial charge is 0.545 e. The van der Waals surface area contributed by atoms with Gasteiger partial charge in [0.2, 0.25) is 6.33 Å². The van der Waals surface area contributed by atoms with Crippen molar-refractivity contribution in [2.24, 2.45) is 0 Å². The Morgan fingerprint density at radius 1 is 1.23 bits per heavy atom. The molecular weight excluding hydrogens is 534 g/mol. The molecule has 0 aliphatic carbocycles. The number of imidazole rings is 1. The lowest BCUT2D eigenvalue weighted by molar-refractivity contribution is -0.713. The van der Waals surface area contributed by atoms with Crippen molar-refractivity contribution < 1.29 is 24.4 Å². The van der Waals surface area contributed by atoms with Gasteiger partial charge in [-0.2, -0.15) is 0 Å². The summed E-state index contributed by atoms with van der Waals surface area (Å²) in [6.07, 6.45) is 11.6. The summed E-state index contributed by atoms with van der Waals surface area (Å²) in [5, 5.41) is 19.3. The molecule has 4 aromatic rings. The van der Waals surface area contributed by atoms with Crippen LogP contribution in [-0.2, 0) is 16.1 Å². The summed E-state index contributed by atoms with van der Waals surface area (Å²) >= 11 is 9.70. The van der Waals surface area contributed by atoms with Crippen LogP contribution < -0.4 is 9.67 Å². The first-order valence-electron chi connectivity index (χ1n) is 11.0. The fourth-order valence-corrected chi connectivity index (χ4v) is 4.34. The van der Waals surface area contributed by atoms with Gasteiger partial charge in [-0.15, -0.1) is 0 Å². The molecule has 182 valence electrons. The number of fused-ring (bicyclic) bond motifs is 1. The van der Waals surface area contributed by atoms with E-state index in [4.69, 9.17) is 16.7 Å². The maximum atomic E-state index is 9.53. The van der Waals surface area contributed by atoms with E-state index in [0.29, 0.717) is 18.2 Å². The van der Waals surface area contributed by atoms with Crippen molar-refractivity contribution in [1.82, 2.24) is 9.55 Å². The van der Waals surface area contributed by atoms with Gasteiger partial charge in [0.1, 0.15) is 18.4 Å². The predicted octanol–water partition coefficient (Wildman–Crippen LogP) is 4.49. The summed E-state index contributed by atoms with van der Waals surface area (Å²) in [5.41, 5.74) is 3.85. The third-order valence-electron chi connectivity index (χ3n) is 5.35. The number of hydrogen-bond donors (Lipinski definition) is 2. The molecule has 1 atom stereocenters. The molecule has 2 aromatic carbocycles. The van der Waals surface area contributed by atoms with E-state index in [-0.39, 0.29) is 0 Å². The quantitative estimate of drug-likeness (QED) is 0.246. The van der Waals surface area contributed by atoms with Crippen LogP contribution in [0.3, 0.4) is 0 Å². The third-order valence-corrected chi connectivity index (χ3v) is 6.09. The van der Waals surface area contributed by atoms with Gasteiger partial charge in [0.05, 0.1) is 5.97 Å². The van der Waals surface area contributed by atoms with Gasteiger partial charge >= 0.3 is 5.97 Å². The molecule has 35 heavy (non-hydrogen) atoms. The van der Waals surface area contributed by atoms with Gasteiger partial charge in [-0.3, -0.25) is 4.98 Å². The summed E-state index contributed by atoms with van der Waals surface area (Å²) < 4.78 is 5.72. The van der Waals surface area contributed by atoms with Crippen LogP contribution in [0.4, 0.5) is 0 Å². The van der Waals surface area contributed by atoms with Gasteiger partial charge in [-0.05, 0) is 48.4 Å². The average Bonchev–Trinajstić information content (AvgIpc) is 3.47. The maximum Gasteiger partial charge on any atom is 0.328 e. The fourth-order valence-electron chi connectivity index (χ4n) is 3.85. The first-order valence-corrected chi connectivity index (χ1v) is 12.1. The molecule has 9 heteroatoms. The number of carboxylic acids is 2. The van der Waals surface area contributed by atoms with E-state index in [1.54, 1.807) is 0 Å². The Hall–Kier alpha value is -3.36. The molecule has 4 rings (SSSR count). The molecule has 0 amide bonds. The highest BCUT2D eigenvalue weighted by Crippen LogP contribution is 2.31. The normalized spacial score (nSPS) is 11.9. The molecule has 0 spiro atoms. The molecule has 2 aromatic heterocycles. The van der Waals surface area contributed by atoms with Crippen LogP contribution in [0.15, 0.2) is 84.0 Å². The Balaban J connectivity index is 0.000000371. The highest BCUT2D eigenvalue weighted by Gasteiger charge is 2.22. The van der Waals surface area contributed by atoms with Crippen LogP contribution >= 0.6 is 27.5 Å². The smallest absolute Gasteiger partial charge is 0.328 e. The van der Waals surface area contributed by atoms with Crippen LogP contribution in [0.2, 0.25) is 5.02 Å². The minimum atomic E-state index is -1.51. The number of aliphatic carboxylic acids is 2. The van der Waals surface area contributed by atoms with Gasteiger partial charge < -0.3 is 19.6 Å². The zero-order valence-electron chi connectivity index (χ0n) is 19.0. The highest BCUT2D eigenvalue weighted by atomic mass is 79.9. The zero-order chi connectivity index (χ0) is 25.4. The Bertz CT molecular complexity index is 1300. The van der Waals surface area contributed by atoms with Crippen molar-refractivity contribution in [3.63, 3.8) is 0 Å². The van der Waals surface area contributed by atoms with Gasteiger partial charge in [0.15, 0.2) is 0 Å². The van der Waals surface area contributed by atoms with Crippen LogP contribution in [0.1, 0.15) is 36.9 Å². The number of rotatable bonds is 8. The van der Waals surface area contributed by atoms with E-state index in [1.165, 1.54) is 22.0 Å². The fraction of sp³-hybridized carbons (Fsp3) is 0.192. The summed E-state index contributed by atoms with van der Waals surface area (Å²) in [7, 11) is 0. The van der Waals surface area contributed by atoms with Gasteiger partial charge in [0.25, 0.3) is 0 Å². The SMILES string of the molecule is CCCC(c1cn(Cc2ccc(Cl)cc2)c2ccc(Br)cc12)[n+]1cc[nH]c1.O=C([O-])/C=C\C(=O)O. The second-order valence-electron chi connectivity index (χ2n) is 7.85. The molecule has 0 saturated heterocycles. The molecule has 7 nitrogen and oxygen atoms in total. The van der Waals surface area contributed by atoms with Crippen molar-refractivity contribution in [3.05, 3.63) is 100 Å². The van der Waals surface area contributed by atoms with E-state index in [0.717, 1.165) is 28.9 Å². The molecule has 0 fully saturated rings. The first-order chi connectivity index (χ1) is 16.8. The maximum absolute atomic E-state index is 9.53. The van der Waals surface area contributed by atoms with Crippen molar-refractivity contribution in [3.8, 4) is 0 Å². The van der Waals surface area contributed by atoms with Crippen molar-refractivity contribution in [2.45, 2.75) is 32.4 Å². The van der Waals surface area contributed by atoms with Crippen LogP contribution in [0.5, 0.6) is 0 Å². The van der Waals surface area contributed by atoms with Gasteiger partial charge in [0, 0.05) is 44.8 Å². The Morgan fingerprint density at radius 3 is 2.54 bits per heavy atom. The van der Waals surface area contributed by atoms with E-state index in [2.05, 4.69) is 79.7 Å². The second kappa shape index (κ2) is 12.4. The number of carboxylic acid groups (broad SMARTS) is 2.